The second-order valence-corrected chi connectivity index (χ2v) is 5.00. The van der Waals surface area contributed by atoms with Gasteiger partial charge in [0.2, 0.25) is 0 Å². The van der Waals surface area contributed by atoms with E-state index in [1.807, 2.05) is 60.7 Å². The fourth-order valence-electron chi connectivity index (χ4n) is 2.59. The second-order valence-electron chi connectivity index (χ2n) is 5.00. The Bertz CT molecular complexity index is 629. The van der Waals surface area contributed by atoms with Crippen molar-refractivity contribution in [2.24, 2.45) is 0 Å². The zero-order chi connectivity index (χ0) is 13.8. The summed E-state index contributed by atoms with van der Waals surface area (Å²) < 4.78 is 0. The quantitative estimate of drug-likeness (QED) is 0.827. The molecule has 100 valence electrons. The van der Waals surface area contributed by atoms with Crippen LogP contribution in [0.4, 0.5) is 5.69 Å². The van der Waals surface area contributed by atoms with Gasteiger partial charge < -0.3 is 5.32 Å². The lowest BCUT2D eigenvalue weighted by molar-refractivity contribution is 0.103. The van der Waals surface area contributed by atoms with Crippen molar-refractivity contribution in [2.45, 2.75) is 19.3 Å². The summed E-state index contributed by atoms with van der Waals surface area (Å²) >= 11 is 0. The van der Waals surface area contributed by atoms with Gasteiger partial charge in [0.1, 0.15) is 0 Å². The van der Waals surface area contributed by atoms with E-state index in [0.717, 1.165) is 41.8 Å². The van der Waals surface area contributed by atoms with Gasteiger partial charge >= 0.3 is 0 Å². The number of para-hydroxylation sites is 1. The Hall–Kier alpha value is -2.35. The maximum atomic E-state index is 12.5. The van der Waals surface area contributed by atoms with Crippen LogP contribution in [0.1, 0.15) is 29.6 Å². The van der Waals surface area contributed by atoms with Crippen LogP contribution in [0.25, 0.3) is 0 Å². The molecule has 0 spiro atoms. The molecule has 1 N–H and O–H groups in total. The summed E-state index contributed by atoms with van der Waals surface area (Å²) in [5.41, 5.74) is 3.82. The minimum absolute atomic E-state index is 0.154. The molecule has 2 aromatic carbocycles. The summed E-state index contributed by atoms with van der Waals surface area (Å²) in [7, 11) is 0. The van der Waals surface area contributed by atoms with Crippen molar-refractivity contribution >= 4 is 11.5 Å². The molecule has 3 rings (SSSR count). The number of hydrogen-bond donors (Lipinski definition) is 1. The second kappa shape index (κ2) is 5.74. The highest BCUT2D eigenvalue weighted by Gasteiger charge is 2.21. The van der Waals surface area contributed by atoms with Gasteiger partial charge in [-0.3, -0.25) is 4.79 Å². The minimum atomic E-state index is 0.154. The predicted octanol–water partition coefficient (Wildman–Crippen LogP) is 4.42. The minimum Gasteiger partial charge on any atom is -0.359 e. The zero-order valence-electron chi connectivity index (χ0n) is 11.3. The smallest absolute Gasteiger partial charge is 0.190 e. The molecule has 0 aromatic heterocycles. The van der Waals surface area contributed by atoms with E-state index in [1.54, 1.807) is 0 Å². The molecule has 1 aliphatic carbocycles. The number of anilines is 1. The number of carbonyl (C=O) groups excluding carboxylic acids is 1. The molecule has 0 saturated carbocycles. The molecule has 0 atom stereocenters. The van der Waals surface area contributed by atoms with Gasteiger partial charge in [0.25, 0.3) is 0 Å². The average Bonchev–Trinajstić information content (AvgIpc) is 2.96. The first kappa shape index (κ1) is 12.7. The van der Waals surface area contributed by atoms with Crippen LogP contribution >= 0.6 is 0 Å². The molecule has 0 amide bonds. The van der Waals surface area contributed by atoms with E-state index in [9.17, 15) is 4.79 Å². The van der Waals surface area contributed by atoms with Crippen molar-refractivity contribution in [1.82, 2.24) is 0 Å². The molecular formula is C18H17NO. The number of nitrogens with one attached hydrogen (secondary N) is 1. The van der Waals surface area contributed by atoms with E-state index in [0.29, 0.717) is 0 Å². The van der Waals surface area contributed by atoms with Crippen molar-refractivity contribution in [1.29, 1.82) is 0 Å². The van der Waals surface area contributed by atoms with Crippen LogP contribution < -0.4 is 5.32 Å². The number of hydrogen-bond acceptors (Lipinski definition) is 2. The van der Waals surface area contributed by atoms with Crippen LogP contribution in [0.2, 0.25) is 0 Å². The molecule has 2 nitrogen and oxygen atoms in total. The summed E-state index contributed by atoms with van der Waals surface area (Å²) in [6.07, 6.45) is 2.86. The van der Waals surface area contributed by atoms with Gasteiger partial charge in [-0.25, -0.2) is 0 Å². The topological polar surface area (TPSA) is 29.1 Å². The maximum Gasteiger partial charge on any atom is 0.190 e. The predicted molar refractivity (Wildman–Crippen MR) is 81.7 cm³/mol. The molecule has 0 fully saturated rings. The first-order valence-corrected chi connectivity index (χ1v) is 6.98. The van der Waals surface area contributed by atoms with Gasteiger partial charge in [-0.1, -0.05) is 48.5 Å². The van der Waals surface area contributed by atoms with Gasteiger partial charge in [0.15, 0.2) is 5.78 Å². The Morgan fingerprint density at radius 1 is 0.850 bits per heavy atom. The summed E-state index contributed by atoms with van der Waals surface area (Å²) in [4.78, 5) is 12.5. The lowest BCUT2D eigenvalue weighted by Gasteiger charge is -2.10. The highest BCUT2D eigenvalue weighted by atomic mass is 16.1. The molecule has 0 saturated heterocycles. The van der Waals surface area contributed by atoms with Crippen molar-refractivity contribution in [3.05, 3.63) is 77.5 Å². The fraction of sp³-hybridized carbons (Fsp3) is 0.167. The third-order valence-electron chi connectivity index (χ3n) is 3.60. The molecule has 0 unspecified atom stereocenters. The Kier molecular flexibility index (Phi) is 3.64. The van der Waals surface area contributed by atoms with Gasteiger partial charge in [-0.15, -0.1) is 0 Å². The third-order valence-corrected chi connectivity index (χ3v) is 3.60. The Morgan fingerprint density at radius 3 is 2.20 bits per heavy atom. The SMILES string of the molecule is O=C(C1=C(Nc2ccccc2)CCC1)c1ccccc1. The van der Waals surface area contributed by atoms with E-state index in [1.165, 1.54) is 0 Å². The number of carbonyl (C=O) groups is 1. The number of rotatable bonds is 4. The number of Topliss-reactive ketones (excluding diaryl/α,β-unsaturated/α-hetero) is 1. The van der Waals surface area contributed by atoms with E-state index in [2.05, 4.69) is 5.32 Å². The Balaban J connectivity index is 1.87. The molecule has 0 radical (unpaired) electrons. The molecule has 0 aliphatic heterocycles. The van der Waals surface area contributed by atoms with Gasteiger partial charge in [-0.2, -0.15) is 0 Å². The van der Waals surface area contributed by atoms with Crippen molar-refractivity contribution in [3.63, 3.8) is 0 Å². The zero-order valence-corrected chi connectivity index (χ0v) is 11.3. The molecule has 1 aliphatic rings. The van der Waals surface area contributed by atoms with E-state index in [-0.39, 0.29) is 5.78 Å². The summed E-state index contributed by atoms with van der Waals surface area (Å²) in [5, 5.41) is 3.40. The van der Waals surface area contributed by atoms with E-state index >= 15 is 0 Å². The van der Waals surface area contributed by atoms with Gasteiger partial charge in [0, 0.05) is 22.5 Å². The van der Waals surface area contributed by atoms with Crippen LogP contribution in [0.5, 0.6) is 0 Å². The van der Waals surface area contributed by atoms with Crippen LogP contribution in [-0.4, -0.2) is 5.78 Å². The van der Waals surface area contributed by atoms with Gasteiger partial charge in [0.05, 0.1) is 0 Å². The largest absolute Gasteiger partial charge is 0.359 e. The van der Waals surface area contributed by atoms with Crippen molar-refractivity contribution in [3.8, 4) is 0 Å². The number of allylic oxidation sites excluding steroid dienone is 2. The highest BCUT2D eigenvalue weighted by molar-refractivity contribution is 6.09. The number of benzene rings is 2. The van der Waals surface area contributed by atoms with Crippen LogP contribution in [0.15, 0.2) is 71.9 Å². The average molecular weight is 263 g/mol. The lowest BCUT2D eigenvalue weighted by Crippen LogP contribution is -2.07. The maximum absolute atomic E-state index is 12.5. The fourth-order valence-corrected chi connectivity index (χ4v) is 2.59. The van der Waals surface area contributed by atoms with Crippen LogP contribution in [0.3, 0.4) is 0 Å². The van der Waals surface area contributed by atoms with Crippen LogP contribution in [-0.2, 0) is 0 Å². The molecule has 0 bridgehead atoms. The Morgan fingerprint density at radius 2 is 1.50 bits per heavy atom. The first-order valence-electron chi connectivity index (χ1n) is 6.98. The third kappa shape index (κ3) is 2.64. The van der Waals surface area contributed by atoms with E-state index in [4.69, 9.17) is 0 Å². The molecule has 2 aromatic rings. The monoisotopic (exact) mass is 263 g/mol. The summed E-state index contributed by atoms with van der Waals surface area (Å²) in [5.74, 6) is 0.154. The van der Waals surface area contributed by atoms with Crippen molar-refractivity contribution in [2.75, 3.05) is 5.32 Å². The molecular weight excluding hydrogens is 246 g/mol. The lowest BCUT2D eigenvalue weighted by atomic mass is 10.0. The van der Waals surface area contributed by atoms with Crippen molar-refractivity contribution < 1.29 is 4.79 Å². The summed E-state index contributed by atoms with van der Waals surface area (Å²) in [6.45, 7) is 0. The number of ketones is 1. The van der Waals surface area contributed by atoms with E-state index < -0.39 is 0 Å². The first-order chi connectivity index (χ1) is 9.84. The Labute approximate surface area is 119 Å². The molecule has 2 heteroatoms. The molecule has 0 heterocycles. The highest BCUT2D eigenvalue weighted by Crippen LogP contribution is 2.29. The normalized spacial score (nSPS) is 14.4. The summed E-state index contributed by atoms with van der Waals surface area (Å²) in [6, 6.07) is 19.5. The molecule has 20 heavy (non-hydrogen) atoms. The van der Waals surface area contributed by atoms with Crippen LogP contribution in [0, 0.1) is 0 Å². The van der Waals surface area contributed by atoms with Gasteiger partial charge in [-0.05, 0) is 31.4 Å². The standard InChI is InChI=1S/C18H17NO/c20-18(14-8-3-1-4-9-14)16-12-7-13-17(16)19-15-10-5-2-6-11-15/h1-6,8-11,19H,7,12-13H2.